The summed E-state index contributed by atoms with van der Waals surface area (Å²) in [6, 6.07) is 9.50. The first-order chi connectivity index (χ1) is 10.7. The van der Waals surface area contributed by atoms with E-state index in [1.807, 2.05) is 30.3 Å². The van der Waals surface area contributed by atoms with Crippen molar-refractivity contribution in [3.8, 4) is 0 Å². The lowest BCUT2D eigenvalue weighted by Crippen LogP contribution is -2.35. The molecule has 2 aromatic rings. The molecule has 0 spiro atoms. The minimum Gasteiger partial charge on any atom is -0.463 e. The molecular weight excluding hydrogens is 343 g/mol. The SMILES string of the molecule is ClCCN1CC(Cl)CN=C(c2ccco2)c2ccc(Cl)cc21. The molecule has 0 bridgehead atoms. The summed E-state index contributed by atoms with van der Waals surface area (Å²) >= 11 is 18.5. The van der Waals surface area contributed by atoms with Crippen molar-refractivity contribution in [2.24, 2.45) is 4.99 Å². The molecule has 1 unspecified atom stereocenters. The van der Waals surface area contributed by atoms with Gasteiger partial charge in [-0.1, -0.05) is 11.6 Å². The fraction of sp³-hybridized carbons (Fsp3) is 0.312. The maximum atomic E-state index is 6.40. The molecule has 0 saturated carbocycles. The standard InChI is InChI=1S/C16H15Cl3N2O/c17-5-6-21-10-12(19)9-20-16(15-2-1-7-22-15)13-4-3-11(18)8-14(13)21/h1-4,7-8,12H,5-6,9-10H2. The number of hydrogen-bond donors (Lipinski definition) is 0. The molecule has 1 atom stereocenters. The van der Waals surface area contributed by atoms with Crippen molar-refractivity contribution in [2.45, 2.75) is 5.38 Å². The van der Waals surface area contributed by atoms with Crippen molar-refractivity contribution in [3.63, 3.8) is 0 Å². The summed E-state index contributed by atoms with van der Waals surface area (Å²) in [5.74, 6) is 1.24. The van der Waals surface area contributed by atoms with E-state index in [1.165, 1.54) is 0 Å². The van der Waals surface area contributed by atoms with Crippen molar-refractivity contribution in [3.05, 3.63) is 52.9 Å². The van der Waals surface area contributed by atoms with Gasteiger partial charge in [0, 0.05) is 35.2 Å². The predicted octanol–water partition coefficient (Wildman–Crippen LogP) is 4.44. The normalized spacial score (nSPS) is 18.4. The number of alkyl halides is 2. The lowest BCUT2D eigenvalue weighted by Gasteiger charge is -2.30. The number of furan rings is 1. The fourth-order valence-corrected chi connectivity index (χ4v) is 3.18. The number of nitrogens with zero attached hydrogens (tertiary/aromatic N) is 2. The van der Waals surface area contributed by atoms with Crippen LogP contribution in [0.2, 0.25) is 5.02 Å². The van der Waals surface area contributed by atoms with Crippen LogP contribution >= 0.6 is 34.8 Å². The molecule has 3 nitrogen and oxygen atoms in total. The second-order valence-electron chi connectivity index (χ2n) is 5.06. The van der Waals surface area contributed by atoms with E-state index in [-0.39, 0.29) is 5.38 Å². The third-order valence-corrected chi connectivity index (χ3v) is 4.21. The number of aliphatic imine (C=N–C) groups is 1. The highest BCUT2D eigenvalue weighted by Gasteiger charge is 2.23. The maximum absolute atomic E-state index is 6.40. The molecule has 0 N–H and O–H groups in total. The number of anilines is 1. The summed E-state index contributed by atoms with van der Waals surface area (Å²) in [4.78, 5) is 6.82. The van der Waals surface area contributed by atoms with Crippen LogP contribution in [0.25, 0.3) is 0 Å². The number of rotatable bonds is 3. The third kappa shape index (κ3) is 3.27. The van der Waals surface area contributed by atoms with Crippen LogP contribution in [0.4, 0.5) is 5.69 Å². The highest BCUT2D eigenvalue weighted by atomic mass is 35.5. The monoisotopic (exact) mass is 356 g/mol. The van der Waals surface area contributed by atoms with Crippen LogP contribution in [-0.2, 0) is 0 Å². The molecule has 0 amide bonds. The van der Waals surface area contributed by atoms with E-state index in [4.69, 9.17) is 39.2 Å². The van der Waals surface area contributed by atoms with Crippen LogP contribution in [0.5, 0.6) is 0 Å². The zero-order valence-corrected chi connectivity index (χ0v) is 14.1. The van der Waals surface area contributed by atoms with Crippen LogP contribution in [0, 0.1) is 0 Å². The average molecular weight is 358 g/mol. The Labute approximate surface area is 144 Å². The zero-order valence-electron chi connectivity index (χ0n) is 11.8. The third-order valence-electron chi connectivity index (χ3n) is 3.53. The van der Waals surface area contributed by atoms with Crippen LogP contribution in [0.3, 0.4) is 0 Å². The first-order valence-corrected chi connectivity index (χ1v) is 8.37. The molecule has 1 aromatic carbocycles. The van der Waals surface area contributed by atoms with Crippen molar-refractivity contribution in [1.29, 1.82) is 0 Å². The van der Waals surface area contributed by atoms with E-state index < -0.39 is 0 Å². The van der Waals surface area contributed by atoms with Gasteiger partial charge in [0.15, 0.2) is 5.76 Å². The Morgan fingerprint density at radius 2 is 2.18 bits per heavy atom. The largest absolute Gasteiger partial charge is 0.463 e. The molecular formula is C16H15Cl3N2O. The Hall–Kier alpha value is -1.16. The average Bonchev–Trinajstić information content (AvgIpc) is 3.01. The zero-order chi connectivity index (χ0) is 15.5. The van der Waals surface area contributed by atoms with Crippen LogP contribution in [-0.4, -0.2) is 36.6 Å². The molecule has 22 heavy (non-hydrogen) atoms. The maximum Gasteiger partial charge on any atom is 0.152 e. The minimum absolute atomic E-state index is 0.0969. The molecule has 116 valence electrons. The highest BCUT2D eigenvalue weighted by Crippen LogP contribution is 2.30. The van der Waals surface area contributed by atoms with Gasteiger partial charge in [-0.2, -0.15) is 0 Å². The quantitative estimate of drug-likeness (QED) is 0.760. The Bertz CT molecular complexity index is 670. The Morgan fingerprint density at radius 1 is 1.32 bits per heavy atom. The van der Waals surface area contributed by atoms with Gasteiger partial charge >= 0.3 is 0 Å². The topological polar surface area (TPSA) is 28.7 Å². The summed E-state index contributed by atoms with van der Waals surface area (Å²) < 4.78 is 5.54. The van der Waals surface area contributed by atoms with Gasteiger partial charge in [-0.15, -0.1) is 23.2 Å². The first-order valence-electron chi connectivity index (χ1n) is 7.02. The van der Waals surface area contributed by atoms with Gasteiger partial charge in [0.1, 0.15) is 5.71 Å². The predicted molar refractivity (Wildman–Crippen MR) is 93.2 cm³/mol. The van der Waals surface area contributed by atoms with Crippen LogP contribution < -0.4 is 4.90 Å². The Morgan fingerprint density at radius 3 is 2.91 bits per heavy atom. The van der Waals surface area contributed by atoms with E-state index in [0.29, 0.717) is 30.5 Å². The van der Waals surface area contributed by atoms with Gasteiger partial charge in [-0.05, 0) is 30.3 Å². The van der Waals surface area contributed by atoms with Crippen LogP contribution in [0.1, 0.15) is 11.3 Å². The summed E-state index contributed by atoms with van der Waals surface area (Å²) in [7, 11) is 0. The molecule has 0 fully saturated rings. The fourth-order valence-electron chi connectivity index (χ4n) is 2.58. The number of fused-ring (bicyclic) bond motifs is 1. The van der Waals surface area contributed by atoms with E-state index in [0.717, 1.165) is 22.7 Å². The van der Waals surface area contributed by atoms with Crippen molar-refractivity contribution >= 4 is 46.2 Å². The number of hydrogen-bond acceptors (Lipinski definition) is 3. The van der Waals surface area contributed by atoms with Crippen molar-refractivity contribution in [1.82, 2.24) is 0 Å². The molecule has 0 radical (unpaired) electrons. The summed E-state index contributed by atoms with van der Waals surface area (Å²) in [6.07, 6.45) is 1.64. The molecule has 6 heteroatoms. The molecule has 0 aliphatic carbocycles. The highest BCUT2D eigenvalue weighted by molar-refractivity contribution is 6.31. The van der Waals surface area contributed by atoms with E-state index >= 15 is 0 Å². The van der Waals surface area contributed by atoms with Gasteiger partial charge in [-0.3, -0.25) is 4.99 Å². The lowest BCUT2D eigenvalue weighted by atomic mass is 10.0. The Balaban J connectivity index is 2.15. The molecule has 1 aromatic heterocycles. The van der Waals surface area contributed by atoms with Gasteiger partial charge in [-0.25, -0.2) is 0 Å². The Kier molecular flexibility index (Phi) is 4.97. The molecule has 1 aliphatic heterocycles. The molecule has 2 heterocycles. The molecule has 0 saturated heterocycles. The number of benzene rings is 1. The van der Waals surface area contributed by atoms with E-state index in [9.17, 15) is 0 Å². The second kappa shape index (κ2) is 6.95. The van der Waals surface area contributed by atoms with Gasteiger partial charge < -0.3 is 9.32 Å². The second-order valence-corrected chi connectivity index (χ2v) is 6.49. The van der Waals surface area contributed by atoms with Crippen molar-refractivity contribution in [2.75, 3.05) is 30.4 Å². The van der Waals surface area contributed by atoms with Gasteiger partial charge in [0.2, 0.25) is 0 Å². The van der Waals surface area contributed by atoms with Gasteiger partial charge in [0.25, 0.3) is 0 Å². The lowest BCUT2D eigenvalue weighted by molar-refractivity contribution is 0.557. The summed E-state index contributed by atoms with van der Waals surface area (Å²) in [5.41, 5.74) is 2.75. The summed E-state index contributed by atoms with van der Waals surface area (Å²) in [5, 5.41) is 0.573. The first kappa shape index (κ1) is 15.7. The summed E-state index contributed by atoms with van der Waals surface area (Å²) in [6.45, 7) is 1.90. The molecule has 1 aliphatic rings. The van der Waals surface area contributed by atoms with Crippen LogP contribution in [0.15, 0.2) is 46.0 Å². The van der Waals surface area contributed by atoms with E-state index in [1.54, 1.807) is 6.26 Å². The number of halogens is 3. The van der Waals surface area contributed by atoms with E-state index in [2.05, 4.69) is 9.89 Å². The minimum atomic E-state index is -0.0969. The van der Waals surface area contributed by atoms with Crippen molar-refractivity contribution < 1.29 is 4.42 Å². The molecule has 3 rings (SSSR count). The smallest absolute Gasteiger partial charge is 0.152 e. The van der Waals surface area contributed by atoms with Gasteiger partial charge in [0.05, 0.1) is 18.2 Å².